The number of halogens is 2. The summed E-state index contributed by atoms with van der Waals surface area (Å²) >= 11 is 0. The molecule has 0 unspecified atom stereocenters. The Morgan fingerprint density at radius 1 is 1.00 bits per heavy atom. The molecule has 1 aromatic carbocycles. The monoisotopic (exact) mass is 305 g/mol. The van der Waals surface area contributed by atoms with Crippen LogP contribution in [0.25, 0.3) is 11.1 Å². The Hall–Kier alpha value is -2.41. The van der Waals surface area contributed by atoms with Crippen LogP contribution < -0.4 is 0 Å². The summed E-state index contributed by atoms with van der Waals surface area (Å²) in [7, 11) is 0. The molecule has 0 aliphatic carbocycles. The second kappa shape index (κ2) is 6.15. The van der Waals surface area contributed by atoms with Crippen molar-refractivity contribution < 1.29 is 18.3 Å². The van der Waals surface area contributed by atoms with Gasteiger partial charge in [-0.15, -0.1) is 0 Å². The van der Waals surface area contributed by atoms with Gasteiger partial charge in [-0.25, -0.2) is 18.7 Å². The number of aromatic nitrogens is 2. The second-order valence-electron chi connectivity index (χ2n) is 4.86. The Morgan fingerprint density at radius 3 is 2.18 bits per heavy atom. The molecule has 1 amide bonds. The molecule has 2 aromatic rings. The zero-order chi connectivity index (χ0) is 15.5. The molecule has 2 heterocycles. The van der Waals surface area contributed by atoms with Crippen LogP contribution in [0.2, 0.25) is 0 Å². The highest BCUT2D eigenvalue weighted by Crippen LogP contribution is 2.20. The average Bonchev–Trinajstić information content (AvgIpc) is 2.54. The Balaban J connectivity index is 1.81. The van der Waals surface area contributed by atoms with Crippen LogP contribution in [0.4, 0.5) is 8.78 Å². The molecule has 3 rings (SSSR count). The Morgan fingerprint density at radius 2 is 1.59 bits per heavy atom. The molecule has 0 radical (unpaired) electrons. The molecule has 0 bridgehead atoms. The lowest BCUT2D eigenvalue weighted by Gasteiger charge is -2.25. The number of nitrogens with zero attached hydrogens (tertiary/aromatic N) is 3. The van der Waals surface area contributed by atoms with Crippen molar-refractivity contribution >= 4 is 5.91 Å². The highest BCUT2D eigenvalue weighted by Gasteiger charge is 2.20. The van der Waals surface area contributed by atoms with Crippen LogP contribution in [0, 0.1) is 11.6 Å². The summed E-state index contributed by atoms with van der Waals surface area (Å²) in [5.41, 5.74) is 0.764. The van der Waals surface area contributed by atoms with Gasteiger partial charge in [0.2, 0.25) is 5.82 Å². The molecule has 1 saturated heterocycles. The molecular weight excluding hydrogens is 292 g/mol. The number of carbonyl (C=O) groups excluding carboxylic acids is 1. The van der Waals surface area contributed by atoms with Gasteiger partial charge in [-0.1, -0.05) is 0 Å². The average molecular weight is 305 g/mol. The number of amides is 1. The molecule has 7 heteroatoms. The summed E-state index contributed by atoms with van der Waals surface area (Å²) in [6, 6.07) is 3.16. The fraction of sp³-hybridized carbons (Fsp3) is 0.267. The number of carbonyl (C=O) groups is 1. The number of benzene rings is 1. The summed E-state index contributed by atoms with van der Waals surface area (Å²) in [4.78, 5) is 21.8. The summed E-state index contributed by atoms with van der Waals surface area (Å²) in [6.07, 6.45) is 2.77. The van der Waals surface area contributed by atoms with E-state index in [1.54, 1.807) is 4.90 Å². The minimum atomic E-state index is -0.677. The standard InChI is InChI=1S/C15H13F2N3O2/c16-12-5-10(6-13(17)7-12)11-8-18-14(19-9-11)15(21)20-1-3-22-4-2-20/h5-9H,1-4H2. The Labute approximate surface area is 125 Å². The van der Waals surface area contributed by atoms with Crippen LogP contribution in [0.15, 0.2) is 30.6 Å². The first-order valence-electron chi connectivity index (χ1n) is 6.79. The van der Waals surface area contributed by atoms with E-state index in [2.05, 4.69) is 9.97 Å². The van der Waals surface area contributed by atoms with Crippen molar-refractivity contribution in [2.24, 2.45) is 0 Å². The van der Waals surface area contributed by atoms with Gasteiger partial charge in [0.1, 0.15) is 11.6 Å². The van der Waals surface area contributed by atoms with Gasteiger partial charge in [-0.2, -0.15) is 0 Å². The van der Waals surface area contributed by atoms with Crippen LogP contribution in [0.5, 0.6) is 0 Å². The van der Waals surface area contributed by atoms with Crippen LogP contribution in [0.3, 0.4) is 0 Å². The molecule has 5 nitrogen and oxygen atoms in total. The highest BCUT2D eigenvalue weighted by atomic mass is 19.1. The number of hydrogen-bond donors (Lipinski definition) is 0. The van der Waals surface area contributed by atoms with Crippen molar-refractivity contribution in [1.82, 2.24) is 14.9 Å². The van der Waals surface area contributed by atoms with E-state index < -0.39 is 11.6 Å². The molecule has 1 aliphatic rings. The summed E-state index contributed by atoms with van der Waals surface area (Å²) in [5.74, 6) is -1.57. The maximum atomic E-state index is 13.2. The second-order valence-corrected chi connectivity index (χ2v) is 4.86. The molecule has 22 heavy (non-hydrogen) atoms. The van der Waals surface area contributed by atoms with E-state index in [1.807, 2.05) is 0 Å². The summed E-state index contributed by atoms with van der Waals surface area (Å²) in [5, 5.41) is 0. The summed E-state index contributed by atoms with van der Waals surface area (Å²) in [6.45, 7) is 1.98. The first-order chi connectivity index (χ1) is 10.6. The van der Waals surface area contributed by atoms with Gasteiger partial charge >= 0.3 is 0 Å². The molecule has 0 saturated carbocycles. The third-order valence-electron chi connectivity index (χ3n) is 3.34. The van der Waals surface area contributed by atoms with Crippen molar-refractivity contribution in [3.05, 3.63) is 48.1 Å². The van der Waals surface area contributed by atoms with Crippen LogP contribution in [-0.2, 0) is 4.74 Å². The number of hydrogen-bond acceptors (Lipinski definition) is 4. The quantitative estimate of drug-likeness (QED) is 0.850. The largest absolute Gasteiger partial charge is 0.378 e. The van der Waals surface area contributed by atoms with Gasteiger partial charge in [0.25, 0.3) is 5.91 Å². The Kier molecular flexibility index (Phi) is 4.06. The molecular formula is C15H13F2N3O2. The third kappa shape index (κ3) is 3.09. The van der Waals surface area contributed by atoms with Gasteiger partial charge in [0.15, 0.2) is 0 Å². The van der Waals surface area contributed by atoms with Crippen LogP contribution in [0.1, 0.15) is 10.6 Å². The first kappa shape index (κ1) is 14.5. The van der Waals surface area contributed by atoms with Crippen LogP contribution in [-0.4, -0.2) is 47.1 Å². The van der Waals surface area contributed by atoms with E-state index in [9.17, 15) is 13.6 Å². The van der Waals surface area contributed by atoms with Crippen molar-refractivity contribution in [2.45, 2.75) is 0 Å². The number of rotatable bonds is 2. The molecule has 1 fully saturated rings. The third-order valence-corrected chi connectivity index (χ3v) is 3.34. The van der Waals surface area contributed by atoms with Gasteiger partial charge in [0, 0.05) is 37.1 Å². The van der Waals surface area contributed by atoms with E-state index in [1.165, 1.54) is 24.5 Å². The molecule has 114 valence electrons. The highest BCUT2D eigenvalue weighted by molar-refractivity contribution is 5.90. The fourth-order valence-corrected chi connectivity index (χ4v) is 2.22. The molecule has 1 aliphatic heterocycles. The van der Waals surface area contributed by atoms with Crippen molar-refractivity contribution in [1.29, 1.82) is 0 Å². The zero-order valence-electron chi connectivity index (χ0n) is 11.6. The molecule has 0 spiro atoms. The molecule has 0 atom stereocenters. The van der Waals surface area contributed by atoms with E-state index in [-0.39, 0.29) is 11.7 Å². The Bertz CT molecular complexity index is 665. The van der Waals surface area contributed by atoms with Gasteiger partial charge in [0.05, 0.1) is 13.2 Å². The van der Waals surface area contributed by atoms with Gasteiger partial charge < -0.3 is 9.64 Å². The smallest absolute Gasteiger partial charge is 0.291 e. The van der Waals surface area contributed by atoms with Gasteiger partial charge in [-0.3, -0.25) is 4.79 Å². The minimum absolute atomic E-state index is 0.0579. The van der Waals surface area contributed by atoms with E-state index in [0.717, 1.165) is 6.07 Å². The lowest BCUT2D eigenvalue weighted by Crippen LogP contribution is -2.41. The predicted octanol–water partition coefficient (Wildman–Crippen LogP) is 1.89. The van der Waals surface area contributed by atoms with Crippen molar-refractivity contribution in [3.63, 3.8) is 0 Å². The van der Waals surface area contributed by atoms with E-state index in [0.29, 0.717) is 37.4 Å². The number of morpholine rings is 1. The first-order valence-corrected chi connectivity index (χ1v) is 6.79. The lowest BCUT2D eigenvalue weighted by molar-refractivity contribution is 0.0295. The fourth-order valence-electron chi connectivity index (χ4n) is 2.22. The molecule has 0 N–H and O–H groups in total. The van der Waals surface area contributed by atoms with Crippen molar-refractivity contribution in [3.8, 4) is 11.1 Å². The van der Waals surface area contributed by atoms with Gasteiger partial charge in [-0.05, 0) is 17.7 Å². The maximum absolute atomic E-state index is 13.2. The predicted molar refractivity (Wildman–Crippen MR) is 74.1 cm³/mol. The zero-order valence-corrected chi connectivity index (χ0v) is 11.6. The summed E-state index contributed by atoms with van der Waals surface area (Å²) < 4.78 is 31.6. The normalized spacial score (nSPS) is 14.9. The van der Waals surface area contributed by atoms with E-state index in [4.69, 9.17) is 4.74 Å². The molecule has 1 aromatic heterocycles. The minimum Gasteiger partial charge on any atom is -0.378 e. The topological polar surface area (TPSA) is 55.3 Å². The van der Waals surface area contributed by atoms with Crippen LogP contribution >= 0.6 is 0 Å². The SMILES string of the molecule is O=C(c1ncc(-c2cc(F)cc(F)c2)cn1)N1CCOCC1. The lowest BCUT2D eigenvalue weighted by atomic mass is 10.1. The number of ether oxygens (including phenoxy) is 1. The van der Waals surface area contributed by atoms with Crippen molar-refractivity contribution in [2.75, 3.05) is 26.3 Å². The maximum Gasteiger partial charge on any atom is 0.291 e. The van der Waals surface area contributed by atoms with E-state index >= 15 is 0 Å².